The van der Waals surface area contributed by atoms with Gasteiger partial charge >= 0.3 is 5.97 Å². The predicted octanol–water partition coefficient (Wildman–Crippen LogP) is 7.52. The molecule has 5 nitrogen and oxygen atoms in total. The third kappa shape index (κ3) is 5.42. The number of aliphatic hydroxyl groups is 2. The molecule has 5 atom stereocenters. The average molecular weight is 555 g/mol. The Kier molecular flexibility index (Phi) is 4.08. The van der Waals surface area contributed by atoms with Crippen molar-refractivity contribution in [3.05, 3.63) is 64.0 Å². The van der Waals surface area contributed by atoms with E-state index in [4.69, 9.17) is 25.5 Å². The fourth-order valence-corrected chi connectivity index (χ4v) is 4.17. The summed E-state index contributed by atoms with van der Waals surface area (Å²) in [6, 6.07) is -8.96. The Morgan fingerprint density at radius 3 is 2.51 bits per heavy atom. The normalized spacial score (nSPS) is 27.4. The maximum absolute atomic E-state index is 15.3. The number of hydrogen-bond donors (Lipinski definition) is 3. The number of fused-ring (bicyclic) bond motifs is 1. The lowest BCUT2D eigenvalue weighted by Gasteiger charge is -2.40. The first-order valence-electron chi connectivity index (χ1n) is 20.4. The van der Waals surface area contributed by atoms with E-state index in [-0.39, 0.29) is 22.3 Å². The summed E-state index contributed by atoms with van der Waals surface area (Å²) in [5.74, 6) is -8.49. The molecule has 3 unspecified atom stereocenters. The second-order valence-corrected chi connectivity index (χ2v) is 9.92. The number of hydrogen-bond acceptors (Lipinski definition) is 4. The highest BCUT2D eigenvalue weighted by atomic mass is 19.1. The summed E-state index contributed by atoms with van der Waals surface area (Å²) in [5.41, 5.74) is -8.38. The van der Waals surface area contributed by atoms with Crippen LogP contribution in [0.25, 0.3) is 29.5 Å². The van der Waals surface area contributed by atoms with E-state index in [0.29, 0.717) is 4.57 Å². The molecule has 0 aliphatic carbocycles. The van der Waals surface area contributed by atoms with Crippen LogP contribution in [-0.2, 0) is 4.79 Å². The van der Waals surface area contributed by atoms with Gasteiger partial charge in [0.1, 0.15) is 5.82 Å². The minimum Gasteiger partial charge on any atom is -0.481 e. The van der Waals surface area contributed by atoms with Gasteiger partial charge in [-0.25, -0.2) is 4.39 Å². The van der Waals surface area contributed by atoms with Gasteiger partial charge < -0.3 is 19.9 Å². The third-order valence-corrected chi connectivity index (χ3v) is 7.50. The summed E-state index contributed by atoms with van der Waals surface area (Å²) < 4.78 is 165. The summed E-state index contributed by atoms with van der Waals surface area (Å²) >= 11 is 0. The molecule has 0 saturated carbocycles. The van der Waals surface area contributed by atoms with Gasteiger partial charge in [-0.05, 0) is 114 Å². The molecule has 3 rings (SSSR count). The summed E-state index contributed by atoms with van der Waals surface area (Å²) in [7, 11) is 0. The molecule has 0 amide bonds. The lowest BCUT2D eigenvalue weighted by Crippen LogP contribution is -2.52. The SMILES string of the molecule is [2H]OC(=O)C([2H])(C)[C@](C)(O[2H])C([2H])(C)[C@](C)(O[2H])C([2H])=C([2H])c1c(-c2c([2H])c([2H])c(F)c(C)c2C)c2c([2H])c(C)c(C)c([2H])c2n1C([2H])(C([2H])([2H])[2H])C([2H])([2H])C. The Hall–Kier alpha value is -2.96. The zero-order chi connectivity index (χ0) is 44.0. The van der Waals surface area contributed by atoms with Crippen LogP contribution in [0.1, 0.15) is 101 Å². The molecule has 6 heteroatoms. The first-order chi connectivity index (χ1) is 25.1. The Labute approximate surface area is 256 Å². The van der Waals surface area contributed by atoms with Crippen molar-refractivity contribution in [2.75, 3.05) is 0 Å². The van der Waals surface area contributed by atoms with Crippen molar-refractivity contribution in [2.24, 2.45) is 11.8 Å². The quantitative estimate of drug-likeness (QED) is 0.229. The van der Waals surface area contributed by atoms with Gasteiger partial charge in [-0.3, -0.25) is 4.79 Å². The van der Waals surface area contributed by atoms with E-state index in [1.54, 1.807) is 0 Å². The van der Waals surface area contributed by atoms with Gasteiger partial charge in [-0.2, -0.15) is 0 Å². The highest BCUT2D eigenvalue weighted by Crippen LogP contribution is 2.42. The lowest BCUT2D eigenvalue weighted by molar-refractivity contribution is -0.160. The number of aliphatic carboxylic acids is 1. The lowest BCUT2D eigenvalue weighted by atomic mass is 9.72. The standard InChI is InChI=1S/C33H44FNO4/c1-11-20(4)35-28(14-15-32(9,38)24(8)33(10,39)23(7)31(36)37)30(25-12-13-27(34)22(6)21(25)5)26-16-18(2)19(3)17-29(26)35/h12-17,20,23-24,38-39H,11H2,1-10H3,(H,36,37)/t20?,23?,24?,32-,33+/m1/s1/i4D3,11D2,12D,13D,14D,15D,16D,17D,20D,23D,24D,38D,39D/hD. The molecule has 212 valence electrons. The highest BCUT2D eigenvalue weighted by Gasteiger charge is 2.46. The van der Waals surface area contributed by atoms with Gasteiger partial charge in [0, 0.05) is 43.7 Å². The molecule has 0 bridgehead atoms. The second kappa shape index (κ2) is 10.9. The van der Waals surface area contributed by atoms with Crippen molar-refractivity contribution < 1.29 is 43.7 Å². The van der Waals surface area contributed by atoms with Crippen LogP contribution in [0, 0.1) is 45.3 Å². The van der Waals surface area contributed by atoms with Crippen LogP contribution in [0.5, 0.6) is 0 Å². The van der Waals surface area contributed by atoms with Crippen molar-refractivity contribution in [3.63, 3.8) is 0 Å². The number of carboxylic acid groups (broad SMARTS) is 1. The number of carboxylic acids is 1. The van der Waals surface area contributed by atoms with Crippen molar-refractivity contribution >= 4 is 22.9 Å². The molecule has 0 aliphatic rings. The van der Waals surface area contributed by atoms with Crippen LogP contribution in [0.2, 0.25) is 0 Å². The van der Waals surface area contributed by atoms with E-state index in [1.807, 2.05) is 0 Å². The van der Waals surface area contributed by atoms with Gasteiger partial charge in [0.15, 0.2) is 0 Å². The van der Waals surface area contributed by atoms with Crippen molar-refractivity contribution in [1.82, 2.24) is 4.57 Å². The number of rotatable bonds is 11. The van der Waals surface area contributed by atoms with Crippen LogP contribution in [0.4, 0.5) is 4.39 Å². The zero-order valence-corrected chi connectivity index (χ0v) is 23.5. The predicted molar refractivity (Wildman–Crippen MR) is 158 cm³/mol. The summed E-state index contributed by atoms with van der Waals surface area (Å²) in [6.45, 7) is 5.86. The molecular formula is C33H44FNO4. The molecule has 0 radical (unpaired) electrons. The van der Waals surface area contributed by atoms with Crippen molar-refractivity contribution in [3.8, 4) is 11.1 Å². The largest absolute Gasteiger partial charge is 0.481 e. The van der Waals surface area contributed by atoms with Crippen LogP contribution >= 0.6 is 0 Å². The van der Waals surface area contributed by atoms with Gasteiger partial charge in [0.25, 0.3) is 1.43 Å². The molecule has 1 heterocycles. The number of aromatic nitrogens is 1. The molecule has 0 saturated heterocycles. The number of halogens is 1. The first-order valence-corrected chi connectivity index (χ1v) is 12.2. The Morgan fingerprint density at radius 1 is 1.23 bits per heavy atom. The molecule has 2 aromatic carbocycles. The summed E-state index contributed by atoms with van der Waals surface area (Å²) in [4.78, 5) is 12.7. The first kappa shape index (κ1) is 14.6. The Bertz CT molecular complexity index is 2100. The molecule has 39 heavy (non-hydrogen) atoms. The maximum atomic E-state index is 15.3. The number of nitrogens with zero attached hydrogens (tertiary/aromatic N) is 1. The smallest absolute Gasteiger partial charge is 0.309 e. The summed E-state index contributed by atoms with van der Waals surface area (Å²) in [5, 5.41) is 13.3. The zero-order valence-electron chi connectivity index (χ0n) is 40.5. The number of carbonyl (C=O) groups is 1. The Balaban J connectivity index is 3.00. The van der Waals surface area contributed by atoms with Crippen LogP contribution in [0.15, 0.2) is 30.2 Å². The monoisotopic (exact) mass is 554 g/mol. The highest BCUT2D eigenvalue weighted by molar-refractivity contribution is 6.02. The van der Waals surface area contributed by atoms with E-state index in [9.17, 15) is 13.0 Å². The van der Waals surface area contributed by atoms with E-state index in [0.717, 1.165) is 34.6 Å². The van der Waals surface area contributed by atoms with Gasteiger partial charge in [-0.15, -0.1) is 0 Å². The topological polar surface area (TPSA) is 82.7 Å². The Morgan fingerprint density at radius 2 is 1.92 bits per heavy atom. The van der Waals surface area contributed by atoms with Crippen molar-refractivity contribution in [1.29, 1.82) is 4.29 Å². The molecule has 0 aliphatic heterocycles. The van der Waals surface area contributed by atoms with E-state index < -0.39 is 118 Å². The summed E-state index contributed by atoms with van der Waals surface area (Å²) in [6.07, 6.45) is -3.13. The van der Waals surface area contributed by atoms with E-state index in [2.05, 4.69) is 5.11 Å². The maximum Gasteiger partial charge on any atom is 0.309 e. The average Bonchev–Trinajstić information content (AvgIpc) is 3.46. The van der Waals surface area contributed by atoms with Gasteiger partial charge in [-0.1, -0.05) is 25.9 Å². The van der Waals surface area contributed by atoms with E-state index in [1.165, 1.54) is 27.7 Å². The van der Waals surface area contributed by atoms with E-state index >= 15 is 4.39 Å². The van der Waals surface area contributed by atoms with Gasteiger partial charge in [0.05, 0.1) is 26.7 Å². The fourth-order valence-electron chi connectivity index (χ4n) is 4.17. The minimum atomic E-state index is -3.70. The van der Waals surface area contributed by atoms with Crippen LogP contribution < -0.4 is 0 Å². The van der Waals surface area contributed by atoms with Gasteiger partial charge in [0.2, 0.25) is 2.86 Å². The van der Waals surface area contributed by atoms with Crippen LogP contribution in [-0.4, -0.2) is 39.9 Å². The third-order valence-electron chi connectivity index (χ3n) is 7.50. The number of benzene rings is 2. The molecule has 3 N–H and O–H groups in total. The molecular weight excluding hydrogens is 493 g/mol. The molecule has 1 aromatic heterocycles. The van der Waals surface area contributed by atoms with Crippen LogP contribution in [0.3, 0.4) is 0 Å². The minimum absolute atomic E-state index is 0.0576. The fraction of sp³-hybridized carbons (Fsp3) is 0.485. The molecule has 0 spiro atoms. The molecule has 0 fully saturated rings. The molecule has 3 aromatic rings. The second-order valence-electron chi connectivity index (χ2n) is 9.92. The van der Waals surface area contributed by atoms with Crippen molar-refractivity contribution in [2.45, 2.75) is 92.8 Å².